The van der Waals surface area contributed by atoms with Crippen LogP contribution < -0.4 is 11.1 Å². The van der Waals surface area contributed by atoms with Crippen LogP contribution in [0.1, 0.15) is 31.7 Å². The van der Waals surface area contributed by atoms with Crippen LogP contribution in [0.15, 0.2) is 30.3 Å². The molecule has 0 aromatic heterocycles. The summed E-state index contributed by atoms with van der Waals surface area (Å²) in [5, 5.41) is 3.37. The van der Waals surface area contributed by atoms with Gasteiger partial charge in [-0.3, -0.25) is 10.1 Å². The fourth-order valence-electron chi connectivity index (χ4n) is 2.63. The standard InChI is InChI=1S/C14H20N2O/c1-11-7-8-14(9-11,13(15)17)16-10-12-5-3-2-4-6-12/h2-6,11,16H,7-10H2,1H3,(H2,15,17). The molecule has 1 fully saturated rings. The highest BCUT2D eigenvalue weighted by atomic mass is 16.1. The van der Waals surface area contributed by atoms with Gasteiger partial charge in [0.2, 0.25) is 5.91 Å². The van der Waals surface area contributed by atoms with Crippen molar-refractivity contribution in [3.63, 3.8) is 0 Å². The van der Waals surface area contributed by atoms with E-state index < -0.39 is 5.54 Å². The van der Waals surface area contributed by atoms with Gasteiger partial charge in [-0.15, -0.1) is 0 Å². The molecule has 0 radical (unpaired) electrons. The SMILES string of the molecule is CC1CCC(NCc2ccccc2)(C(N)=O)C1. The molecule has 1 amide bonds. The van der Waals surface area contributed by atoms with E-state index in [4.69, 9.17) is 5.73 Å². The number of primary amides is 1. The molecule has 1 saturated carbocycles. The molecule has 0 heterocycles. The minimum atomic E-state index is -0.491. The number of carbonyl (C=O) groups excluding carboxylic acids is 1. The lowest BCUT2D eigenvalue weighted by Crippen LogP contribution is -2.53. The lowest BCUT2D eigenvalue weighted by atomic mass is 9.95. The molecule has 0 bridgehead atoms. The molecule has 2 unspecified atom stereocenters. The summed E-state index contributed by atoms with van der Waals surface area (Å²) < 4.78 is 0. The number of hydrogen-bond acceptors (Lipinski definition) is 2. The average Bonchev–Trinajstić information content (AvgIpc) is 2.71. The number of benzene rings is 1. The van der Waals surface area contributed by atoms with Crippen molar-refractivity contribution in [1.82, 2.24) is 5.32 Å². The molecule has 1 aromatic carbocycles. The highest BCUT2D eigenvalue weighted by Gasteiger charge is 2.41. The first-order valence-electron chi connectivity index (χ1n) is 6.21. The molecule has 92 valence electrons. The molecule has 1 aromatic rings. The highest BCUT2D eigenvalue weighted by molar-refractivity contribution is 5.85. The molecule has 1 aliphatic carbocycles. The second kappa shape index (κ2) is 4.88. The van der Waals surface area contributed by atoms with Gasteiger partial charge in [0.25, 0.3) is 0 Å². The fraction of sp³-hybridized carbons (Fsp3) is 0.500. The van der Waals surface area contributed by atoms with E-state index in [0.717, 1.165) is 19.3 Å². The molecule has 2 rings (SSSR count). The largest absolute Gasteiger partial charge is 0.368 e. The first-order valence-corrected chi connectivity index (χ1v) is 6.21. The van der Waals surface area contributed by atoms with E-state index in [2.05, 4.69) is 24.4 Å². The zero-order valence-corrected chi connectivity index (χ0v) is 10.3. The van der Waals surface area contributed by atoms with E-state index in [-0.39, 0.29) is 5.91 Å². The smallest absolute Gasteiger partial charge is 0.237 e. The van der Waals surface area contributed by atoms with Crippen molar-refractivity contribution in [2.24, 2.45) is 11.7 Å². The molecule has 2 atom stereocenters. The summed E-state index contributed by atoms with van der Waals surface area (Å²) in [5.74, 6) is 0.364. The van der Waals surface area contributed by atoms with Crippen molar-refractivity contribution in [2.75, 3.05) is 0 Å². The topological polar surface area (TPSA) is 55.1 Å². The Morgan fingerprint density at radius 1 is 1.47 bits per heavy atom. The van der Waals surface area contributed by atoms with Crippen LogP contribution in [-0.2, 0) is 11.3 Å². The summed E-state index contributed by atoms with van der Waals surface area (Å²) >= 11 is 0. The monoisotopic (exact) mass is 232 g/mol. The van der Waals surface area contributed by atoms with E-state index in [1.165, 1.54) is 5.56 Å². The Morgan fingerprint density at radius 2 is 2.18 bits per heavy atom. The molecular weight excluding hydrogens is 212 g/mol. The van der Waals surface area contributed by atoms with Crippen LogP contribution in [0.25, 0.3) is 0 Å². The maximum atomic E-state index is 11.7. The van der Waals surface area contributed by atoms with Gasteiger partial charge in [-0.05, 0) is 30.7 Å². The van der Waals surface area contributed by atoms with Gasteiger partial charge in [-0.25, -0.2) is 0 Å². The Morgan fingerprint density at radius 3 is 2.71 bits per heavy atom. The van der Waals surface area contributed by atoms with E-state index in [9.17, 15) is 4.79 Å². The van der Waals surface area contributed by atoms with Crippen molar-refractivity contribution < 1.29 is 4.79 Å². The van der Waals surface area contributed by atoms with Crippen molar-refractivity contribution in [3.05, 3.63) is 35.9 Å². The molecule has 17 heavy (non-hydrogen) atoms. The van der Waals surface area contributed by atoms with Gasteiger partial charge in [0.05, 0.1) is 5.54 Å². The van der Waals surface area contributed by atoms with Crippen LogP contribution in [0.3, 0.4) is 0 Å². The summed E-state index contributed by atoms with van der Waals surface area (Å²) in [6.45, 7) is 2.88. The minimum absolute atomic E-state index is 0.210. The van der Waals surface area contributed by atoms with Crippen molar-refractivity contribution >= 4 is 5.91 Å². The van der Waals surface area contributed by atoms with Crippen molar-refractivity contribution in [3.8, 4) is 0 Å². The predicted molar refractivity (Wildman–Crippen MR) is 68.2 cm³/mol. The normalized spacial score (nSPS) is 28.2. The average molecular weight is 232 g/mol. The Labute approximate surface area is 102 Å². The van der Waals surface area contributed by atoms with Gasteiger partial charge < -0.3 is 5.73 Å². The van der Waals surface area contributed by atoms with Crippen molar-refractivity contribution in [1.29, 1.82) is 0 Å². The van der Waals surface area contributed by atoms with Gasteiger partial charge in [-0.1, -0.05) is 37.3 Å². The number of rotatable bonds is 4. The highest BCUT2D eigenvalue weighted by Crippen LogP contribution is 2.34. The maximum Gasteiger partial charge on any atom is 0.237 e. The number of hydrogen-bond donors (Lipinski definition) is 2. The third-order valence-electron chi connectivity index (χ3n) is 3.71. The van der Waals surface area contributed by atoms with Crippen molar-refractivity contribution in [2.45, 2.75) is 38.3 Å². The van der Waals surface area contributed by atoms with Gasteiger partial charge in [-0.2, -0.15) is 0 Å². The second-order valence-corrected chi connectivity index (χ2v) is 5.13. The fourth-order valence-corrected chi connectivity index (χ4v) is 2.63. The van der Waals surface area contributed by atoms with Gasteiger partial charge in [0.1, 0.15) is 0 Å². The number of amides is 1. The van der Waals surface area contributed by atoms with Crippen LogP contribution in [0.2, 0.25) is 0 Å². The summed E-state index contributed by atoms with van der Waals surface area (Å²) in [7, 11) is 0. The van der Waals surface area contributed by atoms with E-state index in [0.29, 0.717) is 12.5 Å². The second-order valence-electron chi connectivity index (χ2n) is 5.13. The zero-order valence-electron chi connectivity index (χ0n) is 10.3. The lowest BCUT2D eigenvalue weighted by molar-refractivity contribution is -0.124. The van der Waals surface area contributed by atoms with Crippen LogP contribution in [0.4, 0.5) is 0 Å². The van der Waals surface area contributed by atoms with Gasteiger partial charge in [0, 0.05) is 6.54 Å². The quantitative estimate of drug-likeness (QED) is 0.832. The molecule has 0 spiro atoms. The Bertz CT molecular complexity index is 390. The molecule has 0 saturated heterocycles. The van der Waals surface area contributed by atoms with Gasteiger partial charge >= 0.3 is 0 Å². The minimum Gasteiger partial charge on any atom is -0.368 e. The first kappa shape index (κ1) is 12.1. The first-order chi connectivity index (χ1) is 8.12. The molecular formula is C14H20N2O. The molecule has 1 aliphatic rings. The number of carbonyl (C=O) groups is 1. The Hall–Kier alpha value is -1.35. The third-order valence-corrected chi connectivity index (χ3v) is 3.71. The molecule has 3 N–H and O–H groups in total. The zero-order chi connectivity index (χ0) is 12.3. The maximum absolute atomic E-state index is 11.7. The van der Waals surface area contributed by atoms with Crippen LogP contribution in [0, 0.1) is 5.92 Å². The summed E-state index contributed by atoms with van der Waals surface area (Å²) in [5.41, 5.74) is 6.25. The number of nitrogens with two attached hydrogens (primary N) is 1. The van der Waals surface area contributed by atoms with E-state index in [1.807, 2.05) is 18.2 Å². The molecule has 3 nitrogen and oxygen atoms in total. The summed E-state index contributed by atoms with van der Waals surface area (Å²) in [6, 6.07) is 10.1. The lowest BCUT2D eigenvalue weighted by Gasteiger charge is -2.27. The molecule has 3 heteroatoms. The van der Waals surface area contributed by atoms with Gasteiger partial charge in [0.15, 0.2) is 0 Å². The third kappa shape index (κ3) is 2.67. The Balaban J connectivity index is 2.03. The molecule has 0 aliphatic heterocycles. The van der Waals surface area contributed by atoms with E-state index >= 15 is 0 Å². The van der Waals surface area contributed by atoms with Crippen LogP contribution >= 0.6 is 0 Å². The van der Waals surface area contributed by atoms with Crippen LogP contribution in [-0.4, -0.2) is 11.4 Å². The number of nitrogens with one attached hydrogen (secondary N) is 1. The van der Waals surface area contributed by atoms with E-state index in [1.54, 1.807) is 0 Å². The predicted octanol–water partition coefficient (Wildman–Crippen LogP) is 1.82. The Kier molecular flexibility index (Phi) is 3.48. The van der Waals surface area contributed by atoms with Crippen LogP contribution in [0.5, 0.6) is 0 Å². The summed E-state index contributed by atoms with van der Waals surface area (Å²) in [4.78, 5) is 11.7. The summed E-state index contributed by atoms with van der Waals surface area (Å²) in [6.07, 6.45) is 2.79.